The summed E-state index contributed by atoms with van der Waals surface area (Å²) in [5.74, 6) is -0.828. The molecule has 0 aromatic carbocycles. The molecule has 3 nitrogen and oxygen atoms in total. The van der Waals surface area contributed by atoms with Gasteiger partial charge in [0.2, 0.25) is 0 Å². The fourth-order valence-electron chi connectivity index (χ4n) is 0.499. The fraction of sp³-hybridized carbons (Fsp3) is 0.200. The minimum atomic E-state index is -0.828. The molecule has 0 bridgehead atoms. The fourth-order valence-corrected chi connectivity index (χ4v) is 2.03. The molecule has 5 heteroatoms. The molecular weight excluding hydrogens is 265 g/mol. The molecule has 10 heavy (non-hydrogen) atoms. The van der Waals surface area contributed by atoms with Crippen LogP contribution >= 0.6 is 33.9 Å². The molecule has 1 aromatic heterocycles. The van der Waals surface area contributed by atoms with Gasteiger partial charge in [0, 0.05) is 0 Å². The highest BCUT2D eigenvalue weighted by Gasteiger charge is 2.03. The Kier molecular flexibility index (Phi) is 2.61. The van der Waals surface area contributed by atoms with Gasteiger partial charge in [-0.3, -0.25) is 4.79 Å². The Labute approximate surface area is 75.2 Å². The Bertz CT molecular complexity index is 248. The first-order valence-electron chi connectivity index (χ1n) is 2.50. The SMILES string of the molecule is O=C(O)Cc1ncc(I)s1. The predicted octanol–water partition coefficient (Wildman–Crippen LogP) is 1.37. The lowest BCUT2D eigenvalue weighted by Crippen LogP contribution is -1.98. The largest absolute Gasteiger partial charge is 0.481 e. The van der Waals surface area contributed by atoms with E-state index >= 15 is 0 Å². The minimum Gasteiger partial charge on any atom is -0.481 e. The Hall–Kier alpha value is -0.170. The molecular formula is C5H4INO2S. The molecule has 0 spiro atoms. The number of hydrogen-bond donors (Lipinski definition) is 1. The van der Waals surface area contributed by atoms with Crippen LogP contribution in [0.5, 0.6) is 0 Å². The number of carboxylic acids is 1. The number of thiazole rings is 1. The van der Waals surface area contributed by atoms with E-state index in [4.69, 9.17) is 5.11 Å². The molecule has 0 amide bonds. The summed E-state index contributed by atoms with van der Waals surface area (Å²) in [6, 6.07) is 0. The van der Waals surface area contributed by atoms with Crippen LogP contribution in [0.1, 0.15) is 5.01 Å². The van der Waals surface area contributed by atoms with Crippen LogP contribution < -0.4 is 0 Å². The predicted molar refractivity (Wildman–Crippen MR) is 46.2 cm³/mol. The lowest BCUT2D eigenvalue weighted by atomic mass is 10.5. The standard InChI is InChI=1S/C5H4INO2S/c6-3-2-7-4(10-3)1-5(8)9/h2H,1H2,(H,8,9). The van der Waals surface area contributed by atoms with Crippen LogP contribution in [0.15, 0.2) is 6.20 Å². The first kappa shape index (κ1) is 7.93. The van der Waals surface area contributed by atoms with E-state index in [1.54, 1.807) is 6.20 Å². The van der Waals surface area contributed by atoms with Crippen molar-refractivity contribution in [2.75, 3.05) is 0 Å². The van der Waals surface area contributed by atoms with Crippen LogP contribution in [0.2, 0.25) is 0 Å². The number of carbonyl (C=O) groups is 1. The summed E-state index contributed by atoms with van der Waals surface area (Å²) in [5, 5.41) is 9.00. The summed E-state index contributed by atoms with van der Waals surface area (Å²) in [7, 11) is 0. The summed E-state index contributed by atoms with van der Waals surface area (Å²) < 4.78 is 1.02. The summed E-state index contributed by atoms with van der Waals surface area (Å²) in [5.41, 5.74) is 0. The maximum absolute atomic E-state index is 10.1. The molecule has 0 aliphatic heterocycles. The normalized spacial score (nSPS) is 9.70. The molecule has 0 aliphatic carbocycles. The molecule has 1 rings (SSSR count). The summed E-state index contributed by atoms with van der Waals surface area (Å²) in [4.78, 5) is 14.0. The highest BCUT2D eigenvalue weighted by molar-refractivity contribution is 14.1. The van der Waals surface area contributed by atoms with Crippen molar-refractivity contribution in [3.8, 4) is 0 Å². The zero-order chi connectivity index (χ0) is 7.56. The highest BCUT2D eigenvalue weighted by Crippen LogP contribution is 2.14. The first-order valence-corrected chi connectivity index (χ1v) is 4.40. The lowest BCUT2D eigenvalue weighted by molar-refractivity contribution is -0.136. The topological polar surface area (TPSA) is 50.2 Å². The van der Waals surface area contributed by atoms with Crippen molar-refractivity contribution in [3.05, 3.63) is 14.1 Å². The number of nitrogens with zero attached hydrogens (tertiary/aromatic N) is 1. The van der Waals surface area contributed by atoms with Gasteiger partial charge < -0.3 is 5.11 Å². The lowest BCUT2D eigenvalue weighted by Gasteiger charge is -1.84. The average Bonchev–Trinajstić information content (AvgIpc) is 2.13. The molecule has 0 fully saturated rings. The molecule has 0 saturated heterocycles. The van der Waals surface area contributed by atoms with Gasteiger partial charge >= 0.3 is 5.97 Å². The van der Waals surface area contributed by atoms with E-state index in [-0.39, 0.29) is 6.42 Å². The number of rotatable bonds is 2. The summed E-state index contributed by atoms with van der Waals surface area (Å²) >= 11 is 3.52. The number of aromatic nitrogens is 1. The number of halogens is 1. The van der Waals surface area contributed by atoms with Gasteiger partial charge in [-0.25, -0.2) is 4.98 Å². The van der Waals surface area contributed by atoms with Gasteiger partial charge in [-0.05, 0) is 22.6 Å². The molecule has 54 valence electrons. The van der Waals surface area contributed by atoms with Crippen LogP contribution in [0.4, 0.5) is 0 Å². The maximum atomic E-state index is 10.1. The molecule has 1 aromatic rings. The van der Waals surface area contributed by atoms with Gasteiger partial charge in [-0.1, -0.05) is 0 Å². The third-order valence-corrected chi connectivity index (χ3v) is 2.55. The van der Waals surface area contributed by atoms with Gasteiger partial charge in [0.05, 0.1) is 15.5 Å². The smallest absolute Gasteiger partial charge is 0.310 e. The van der Waals surface area contributed by atoms with E-state index in [0.29, 0.717) is 5.01 Å². The van der Waals surface area contributed by atoms with Crippen LogP contribution in [-0.2, 0) is 11.2 Å². The van der Waals surface area contributed by atoms with Crippen molar-refractivity contribution in [3.63, 3.8) is 0 Å². The Balaban J connectivity index is 2.67. The number of carboxylic acid groups (broad SMARTS) is 1. The van der Waals surface area contributed by atoms with Crippen LogP contribution in [0, 0.1) is 2.88 Å². The van der Waals surface area contributed by atoms with Crippen molar-refractivity contribution >= 4 is 39.9 Å². The van der Waals surface area contributed by atoms with Gasteiger partial charge in [-0.15, -0.1) is 11.3 Å². The molecule has 0 unspecified atom stereocenters. The van der Waals surface area contributed by atoms with Crippen molar-refractivity contribution < 1.29 is 9.90 Å². The first-order chi connectivity index (χ1) is 4.68. The monoisotopic (exact) mass is 269 g/mol. The van der Waals surface area contributed by atoms with Crippen molar-refractivity contribution in [1.29, 1.82) is 0 Å². The Morgan fingerprint density at radius 2 is 2.60 bits per heavy atom. The summed E-state index contributed by atoms with van der Waals surface area (Å²) in [6.07, 6.45) is 1.71. The molecule has 0 radical (unpaired) electrons. The second kappa shape index (κ2) is 3.29. The Morgan fingerprint density at radius 3 is 3.00 bits per heavy atom. The van der Waals surface area contributed by atoms with Gasteiger partial charge in [0.25, 0.3) is 0 Å². The van der Waals surface area contributed by atoms with Crippen LogP contribution in [0.25, 0.3) is 0 Å². The third-order valence-electron chi connectivity index (χ3n) is 0.828. The van der Waals surface area contributed by atoms with E-state index in [1.807, 2.05) is 0 Å². The van der Waals surface area contributed by atoms with Gasteiger partial charge in [0.1, 0.15) is 5.01 Å². The summed E-state index contributed by atoms with van der Waals surface area (Å²) in [6.45, 7) is 0. The van der Waals surface area contributed by atoms with Crippen LogP contribution in [-0.4, -0.2) is 16.1 Å². The maximum Gasteiger partial charge on any atom is 0.310 e. The molecule has 1 N–H and O–H groups in total. The van der Waals surface area contributed by atoms with Crippen molar-refractivity contribution in [2.45, 2.75) is 6.42 Å². The van der Waals surface area contributed by atoms with E-state index in [2.05, 4.69) is 27.6 Å². The van der Waals surface area contributed by atoms with Crippen LogP contribution in [0.3, 0.4) is 0 Å². The zero-order valence-corrected chi connectivity index (χ0v) is 7.85. The number of hydrogen-bond acceptors (Lipinski definition) is 3. The van der Waals surface area contributed by atoms with Crippen molar-refractivity contribution in [1.82, 2.24) is 4.98 Å². The van der Waals surface area contributed by atoms with Gasteiger partial charge in [0.15, 0.2) is 0 Å². The Morgan fingerprint density at radius 1 is 1.90 bits per heavy atom. The molecule has 1 heterocycles. The zero-order valence-electron chi connectivity index (χ0n) is 4.87. The highest BCUT2D eigenvalue weighted by atomic mass is 127. The molecule has 0 saturated carbocycles. The second-order valence-electron chi connectivity index (χ2n) is 1.63. The van der Waals surface area contributed by atoms with E-state index in [0.717, 1.165) is 2.88 Å². The van der Waals surface area contributed by atoms with E-state index in [1.165, 1.54) is 11.3 Å². The number of aliphatic carboxylic acids is 1. The minimum absolute atomic E-state index is 0.0354. The molecule has 0 aliphatic rings. The average molecular weight is 269 g/mol. The van der Waals surface area contributed by atoms with Gasteiger partial charge in [-0.2, -0.15) is 0 Å². The third kappa shape index (κ3) is 2.22. The van der Waals surface area contributed by atoms with Crippen molar-refractivity contribution in [2.24, 2.45) is 0 Å². The quantitative estimate of drug-likeness (QED) is 0.825. The van der Waals surface area contributed by atoms with E-state index in [9.17, 15) is 4.79 Å². The molecule has 0 atom stereocenters. The second-order valence-corrected chi connectivity index (χ2v) is 4.64. The van der Waals surface area contributed by atoms with E-state index < -0.39 is 5.97 Å².